The summed E-state index contributed by atoms with van der Waals surface area (Å²) in [5.74, 6) is 0.152. The molecule has 0 N–H and O–H groups in total. The van der Waals surface area contributed by atoms with Crippen LogP contribution in [0.5, 0.6) is 0 Å². The molecular weight excluding hydrogens is 391 g/mol. The molecule has 1 aliphatic rings. The lowest BCUT2D eigenvalue weighted by Crippen LogP contribution is -2.49. The molecule has 1 saturated heterocycles. The van der Waals surface area contributed by atoms with E-state index in [2.05, 4.69) is 37.0 Å². The van der Waals surface area contributed by atoms with E-state index in [1.165, 1.54) is 0 Å². The Balaban J connectivity index is 1.51. The van der Waals surface area contributed by atoms with Gasteiger partial charge in [0, 0.05) is 55.2 Å². The van der Waals surface area contributed by atoms with Crippen LogP contribution in [0.3, 0.4) is 0 Å². The van der Waals surface area contributed by atoms with Crippen LogP contribution in [0.2, 0.25) is 0 Å². The quantitative estimate of drug-likeness (QED) is 0.724. The number of hydrogen-bond donors (Lipinski definition) is 0. The number of rotatable bonds is 4. The van der Waals surface area contributed by atoms with Gasteiger partial charge in [-0.05, 0) is 34.7 Å². The van der Waals surface area contributed by atoms with E-state index < -0.39 is 0 Å². The Labute approximate surface area is 144 Å². The number of aromatic nitrogens is 2. The number of halogens is 1. The molecule has 2 heterocycles. The van der Waals surface area contributed by atoms with Gasteiger partial charge in [-0.1, -0.05) is 12.1 Å². The van der Waals surface area contributed by atoms with E-state index in [1.54, 1.807) is 6.20 Å². The van der Waals surface area contributed by atoms with Crippen LogP contribution in [0.4, 0.5) is 0 Å². The van der Waals surface area contributed by atoms with Crippen molar-refractivity contribution in [2.75, 3.05) is 32.7 Å². The lowest BCUT2D eigenvalue weighted by atomic mass is 10.2. The van der Waals surface area contributed by atoms with Gasteiger partial charge in [0.05, 0.1) is 11.9 Å². The molecule has 0 aliphatic carbocycles. The number of piperazine rings is 1. The van der Waals surface area contributed by atoms with E-state index in [-0.39, 0.29) is 5.91 Å². The van der Waals surface area contributed by atoms with E-state index in [0.717, 1.165) is 48.4 Å². The Bertz CT molecular complexity index is 621. The topological polar surface area (TPSA) is 41.4 Å². The first-order valence-electron chi connectivity index (χ1n) is 7.46. The molecule has 2 aromatic rings. The molecule has 1 aromatic carbocycles. The Hall–Kier alpha value is -1.41. The van der Waals surface area contributed by atoms with E-state index >= 15 is 0 Å². The third kappa shape index (κ3) is 3.67. The van der Waals surface area contributed by atoms with Gasteiger partial charge < -0.3 is 9.47 Å². The second-order valence-electron chi connectivity index (χ2n) is 5.41. The zero-order chi connectivity index (χ0) is 15.4. The minimum Gasteiger partial charge on any atom is -0.336 e. The largest absolute Gasteiger partial charge is 0.336 e. The summed E-state index contributed by atoms with van der Waals surface area (Å²) in [6.07, 6.45) is 5.63. The third-order valence-corrected chi connectivity index (χ3v) is 4.94. The molecule has 3 rings (SSSR count). The molecule has 116 valence electrons. The average molecular weight is 410 g/mol. The summed E-state index contributed by atoms with van der Waals surface area (Å²) in [6, 6.07) is 7.79. The van der Waals surface area contributed by atoms with Crippen LogP contribution in [0.15, 0.2) is 43.0 Å². The summed E-state index contributed by atoms with van der Waals surface area (Å²) in [5, 5.41) is 0. The van der Waals surface area contributed by atoms with Crippen LogP contribution in [0.25, 0.3) is 0 Å². The van der Waals surface area contributed by atoms with Crippen LogP contribution in [0, 0.1) is 3.57 Å². The Morgan fingerprint density at radius 1 is 1.14 bits per heavy atom. The van der Waals surface area contributed by atoms with Gasteiger partial charge in [0.2, 0.25) is 0 Å². The molecule has 0 unspecified atom stereocenters. The molecule has 1 aliphatic heterocycles. The Morgan fingerprint density at radius 2 is 1.91 bits per heavy atom. The van der Waals surface area contributed by atoms with Crippen molar-refractivity contribution in [3.8, 4) is 0 Å². The fourth-order valence-electron chi connectivity index (χ4n) is 2.66. The second-order valence-corrected chi connectivity index (χ2v) is 6.58. The van der Waals surface area contributed by atoms with Gasteiger partial charge in [-0.25, -0.2) is 4.98 Å². The van der Waals surface area contributed by atoms with Crippen molar-refractivity contribution < 1.29 is 4.79 Å². The molecule has 0 radical (unpaired) electrons. The standard InChI is InChI=1S/C16H19IN4O/c17-15-4-2-1-3-14(15)16(22)21-11-9-19(10-12-21)7-8-20-6-5-18-13-20/h1-6,13H,7-12H2. The van der Waals surface area contributed by atoms with Crippen molar-refractivity contribution in [2.45, 2.75) is 6.54 Å². The zero-order valence-electron chi connectivity index (χ0n) is 12.4. The normalized spacial score (nSPS) is 16.0. The van der Waals surface area contributed by atoms with Gasteiger partial charge in [0.15, 0.2) is 0 Å². The number of hydrogen-bond acceptors (Lipinski definition) is 3. The molecule has 0 saturated carbocycles. The van der Waals surface area contributed by atoms with Gasteiger partial charge in [-0.3, -0.25) is 9.69 Å². The minimum absolute atomic E-state index is 0.152. The van der Waals surface area contributed by atoms with Crippen molar-refractivity contribution in [3.63, 3.8) is 0 Å². The predicted octanol–water partition coefficient (Wildman–Crippen LogP) is 1.95. The molecule has 1 fully saturated rings. The Kier molecular flexibility index (Phi) is 5.09. The van der Waals surface area contributed by atoms with Gasteiger partial charge >= 0.3 is 0 Å². The van der Waals surface area contributed by atoms with Crippen molar-refractivity contribution in [2.24, 2.45) is 0 Å². The summed E-state index contributed by atoms with van der Waals surface area (Å²) >= 11 is 2.23. The number of carbonyl (C=O) groups excluding carboxylic acids is 1. The molecule has 6 heteroatoms. The molecular formula is C16H19IN4O. The van der Waals surface area contributed by atoms with Crippen LogP contribution >= 0.6 is 22.6 Å². The smallest absolute Gasteiger partial charge is 0.255 e. The van der Waals surface area contributed by atoms with Crippen molar-refractivity contribution in [3.05, 3.63) is 52.1 Å². The van der Waals surface area contributed by atoms with Gasteiger partial charge in [0.1, 0.15) is 0 Å². The van der Waals surface area contributed by atoms with Crippen molar-refractivity contribution >= 4 is 28.5 Å². The summed E-state index contributed by atoms with van der Waals surface area (Å²) < 4.78 is 3.11. The molecule has 1 aromatic heterocycles. The summed E-state index contributed by atoms with van der Waals surface area (Å²) in [4.78, 5) is 21.0. The number of nitrogens with zero attached hydrogens (tertiary/aromatic N) is 4. The van der Waals surface area contributed by atoms with E-state index in [9.17, 15) is 4.79 Å². The highest BCUT2D eigenvalue weighted by atomic mass is 127. The minimum atomic E-state index is 0.152. The maximum atomic E-state index is 12.6. The number of amides is 1. The fourth-order valence-corrected chi connectivity index (χ4v) is 3.27. The zero-order valence-corrected chi connectivity index (χ0v) is 14.5. The van der Waals surface area contributed by atoms with E-state index in [0.29, 0.717) is 0 Å². The maximum absolute atomic E-state index is 12.6. The predicted molar refractivity (Wildman–Crippen MR) is 93.7 cm³/mol. The number of imidazole rings is 1. The number of benzene rings is 1. The summed E-state index contributed by atoms with van der Waals surface area (Å²) in [6.45, 7) is 5.42. The SMILES string of the molecule is O=C(c1ccccc1I)N1CCN(CCn2ccnc2)CC1. The lowest BCUT2D eigenvalue weighted by molar-refractivity contribution is 0.0632. The second kappa shape index (κ2) is 7.23. The first kappa shape index (κ1) is 15.5. The number of carbonyl (C=O) groups is 1. The van der Waals surface area contributed by atoms with Crippen molar-refractivity contribution in [1.82, 2.24) is 19.4 Å². The average Bonchev–Trinajstić information content (AvgIpc) is 3.07. The first-order valence-corrected chi connectivity index (χ1v) is 8.54. The highest BCUT2D eigenvalue weighted by Gasteiger charge is 2.22. The summed E-state index contributed by atoms with van der Waals surface area (Å²) in [5.41, 5.74) is 0.815. The van der Waals surface area contributed by atoms with Crippen LogP contribution in [-0.4, -0.2) is 58.0 Å². The van der Waals surface area contributed by atoms with Crippen LogP contribution in [0.1, 0.15) is 10.4 Å². The van der Waals surface area contributed by atoms with Crippen LogP contribution < -0.4 is 0 Å². The van der Waals surface area contributed by atoms with Gasteiger partial charge in [-0.15, -0.1) is 0 Å². The molecule has 22 heavy (non-hydrogen) atoms. The Morgan fingerprint density at radius 3 is 2.59 bits per heavy atom. The molecule has 0 atom stereocenters. The highest BCUT2D eigenvalue weighted by Crippen LogP contribution is 2.15. The molecule has 0 spiro atoms. The summed E-state index contributed by atoms with van der Waals surface area (Å²) in [7, 11) is 0. The maximum Gasteiger partial charge on any atom is 0.255 e. The monoisotopic (exact) mass is 410 g/mol. The van der Waals surface area contributed by atoms with E-state index in [1.807, 2.05) is 41.7 Å². The van der Waals surface area contributed by atoms with Crippen LogP contribution in [-0.2, 0) is 6.54 Å². The molecule has 1 amide bonds. The van der Waals surface area contributed by atoms with Crippen molar-refractivity contribution in [1.29, 1.82) is 0 Å². The van der Waals surface area contributed by atoms with Gasteiger partial charge in [0.25, 0.3) is 5.91 Å². The van der Waals surface area contributed by atoms with E-state index in [4.69, 9.17) is 0 Å². The third-order valence-electron chi connectivity index (χ3n) is 4.00. The first-order chi connectivity index (χ1) is 10.7. The lowest BCUT2D eigenvalue weighted by Gasteiger charge is -2.35. The molecule has 5 nitrogen and oxygen atoms in total. The molecule has 0 bridgehead atoms. The van der Waals surface area contributed by atoms with Gasteiger partial charge in [-0.2, -0.15) is 0 Å². The fraction of sp³-hybridized carbons (Fsp3) is 0.375. The highest BCUT2D eigenvalue weighted by molar-refractivity contribution is 14.1.